The minimum Gasteiger partial charge on any atom is -0.358 e. The van der Waals surface area contributed by atoms with Gasteiger partial charge in [0.25, 0.3) is 0 Å². The summed E-state index contributed by atoms with van der Waals surface area (Å²) in [6, 6.07) is 0. The monoisotopic (exact) mass is 149 g/mol. The van der Waals surface area contributed by atoms with Crippen molar-refractivity contribution < 1.29 is 17.1 Å². The second kappa shape index (κ2) is 126. The fraction of sp³-hybridized carbons (Fsp3) is 0. The van der Waals surface area contributed by atoms with Gasteiger partial charge >= 0.3 is 0 Å². The minimum atomic E-state index is 0. The molecule has 0 amide bonds. The molecule has 0 aliphatic carbocycles. The molecule has 7 heavy (non-hydrogen) atoms. The van der Waals surface area contributed by atoms with Gasteiger partial charge in [-0.1, -0.05) is 0 Å². The minimum absolute atomic E-state index is 0. The van der Waals surface area contributed by atoms with Crippen molar-refractivity contribution in [1.82, 2.24) is 0 Å². The summed E-state index contributed by atoms with van der Waals surface area (Å²) in [7, 11) is 0. The van der Waals surface area contributed by atoms with Crippen molar-refractivity contribution in [1.29, 1.82) is 0 Å². The summed E-state index contributed by atoms with van der Waals surface area (Å²) in [4.78, 5) is 0. The number of hydrogen-bond donors (Lipinski definition) is 0. The van der Waals surface area contributed by atoms with E-state index in [2.05, 4.69) is 13.5 Å². The molecule has 0 unspecified atom stereocenters. The van der Waals surface area contributed by atoms with Crippen LogP contribution in [0.2, 0.25) is 0 Å². The second-order valence-corrected chi connectivity index (χ2v) is 0.289. The Morgan fingerprint density at radius 1 is 1.14 bits per heavy atom. The SMILES string of the molecule is C=C[CH2-].[CH3-].[CH3-].[CH3-].[Cu]. The molecule has 0 aliphatic rings. The quantitative estimate of drug-likeness (QED) is 0.367. The summed E-state index contributed by atoms with van der Waals surface area (Å²) in [6.45, 7) is 6.50. The van der Waals surface area contributed by atoms with Gasteiger partial charge in [0, 0.05) is 17.1 Å². The second-order valence-electron chi connectivity index (χ2n) is 0.289. The molecule has 0 rings (SSSR count). The van der Waals surface area contributed by atoms with E-state index in [1.165, 1.54) is 6.08 Å². The topological polar surface area (TPSA) is 0 Å². The van der Waals surface area contributed by atoms with E-state index in [1.54, 1.807) is 0 Å². The Labute approximate surface area is 59.5 Å². The molecule has 0 atom stereocenters. The predicted octanol–water partition coefficient (Wildman–Crippen LogP) is 2.35. The van der Waals surface area contributed by atoms with Crippen LogP contribution >= 0.6 is 0 Å². The molecular weight excluding hydrogens is 136 g/mol. The van der Waals surface area contributed by atoms with E-state index in [1.807, 2.05) is 0 Å². The Kier molecular flexibility index (Phi) is 1070. The smallest absolute Gasteiger partial charge is 0 e. The van der Waals surface area contributed by atoms with Crippen molar-refractivity contribution in [3.8, 4) is 0 Å². The zero-order valence-corrected chi connectivity index (χ0v) is 6.23. The van der Waals surface area contributed by atoms with Gasteiger partial charge in [0.05, 0.1) is 0 Å². The van der Waals surface area contributed by atoms with Crippen molar-refractivity contribution in [2.45, 2.75) is 0 Å². The number of hydrogen-bond acceptors (Lipinski definition) is 0. The molecule has 0 N–H and O–H groups in total. The molecule has 0 spiro atoms. The maximum absolute atomic E-state index is 3.25. The Balaban J connectivity index is -0.00000000333. The van der Waals surface area contributed by atoms with Crippen molar-refractivity contribution in [3.05, 3.63) is 41.9 Å². The molecule has 0 aromatic carbocycles. The molecule has 0 nitrogen and oxygen atoms in total. The Morgan fingerprint density at radius 2 is 1.14 bits per heavy atom. The van der Waals surface area contributed by atoms with E-state index in [0.717, 1.165) is 0 Å². The van der Waals surface area contributed by atoms with E-state index in [9.17, 15) is 0 Å². The van der Waals surface area contributed by atoms with Crippen LogP contribution in [0.25, 0.3) is 0 Å². The molecule has 53 valence electrons. The first-order valence-corrected chi connectivity index (χ1v) is 0.816. The van der Waals surface area contributed by atoms with Gasteiger partial charge in [-0.2, -0.15) is 0 Å². The summed E-state index contributed by atoms with van der Waals surface area (Å²) in [6.07, 6.45) is 1.50. The third-order valence-corrected chi connectivity index (χ3v) is 0. The molecule has 0 bridgehead atoms. The summed E-state index contributed by atoms with van der Waals surface area (Å²) in [5.74, 6) is 0. The molecular formula is C6H14Cu-4. The fourth-order valence-electron chi connectivity index (χ4n) is 0. The molecule has 0 aromatic rings. The van der Waals surface area contributed by atoms with Crippen LogP contribution in [0.4, 0.5) is 0 Å². The van der Waals surface area contributed by atoms with Crippen LogP contribution in [-0.4, -0.2) is 0 Å². The molecule has 1 heteroatoms. The van der Waals surface area contributed by atoms with E-state index in [-0.39, 0.29) is 39.3 Å². The predicted molar refractivity (Wildman–Crippen MR) is 34.8 cm³/mol. The van der Waals surface area contributed by atoms with Crippen molar-refractivity contribution in [3.63, 3.8) is 0 Å². The third-order valence-electron chi connectivity index (χ3n) is 0. The summed E-state index contributed by atoms with van der Waals surface area (Å²) >= 11 is 0. The zero-order chi connectivity index (χ0) is 2.71. The molecule has 0 saturated heterocycles. The van der Waals surface area contributed by atoms with Crippen LogP contribution < -0.4 is 0 Å². The van der Waals surface area contributed by atoms with Crippen molar-refractivity contribution in [2.24, 2.45) is 0 Å². The summed E-state index contributed by atoms with van der Waals surface area (Å²) in [5.41, 5.74) is 0. The van der Waals surface area contributed by atoms with Crippen LogP contribution in [-0.2, 0) is 17.1 Å². The molecule has 0 saturated carbocycles. The normalized spacial score (nSPS) is 1.71. The van der Waals surface area contributed by atoms with E-state index in [4.69, 9.17) is 0 Å². The van der Waals surface area contributed by atoms with Gasteiger partial charge < -0.3 is 22.3 Å². The number of rotatable bonds is 0. The maximum Gasteiger partial charge on any atom is 0 e. The summed E-state index contributed by atoms with van der Waals surface area (Å²) < 4.78 is 0. The zero-order valence-electron chi connectivity index (χ0n) is 5.29. The maximum atomic E-state index is 3.25. The van der Waals surface area contributed by atoms with Gasteiger partial charge in [0.15, 0.2) is 0 Å². The van der Waals surface area contributed by atoms with Gasteiger partial charge in [-0.05, 0) is 0 Å². The average molecular weight is 150 g/mol. The van der Waals surface area contributed by atoms with E-state index in [0.29, 0.717) is 0 Å². The fourth-order valence-corrected chi connectivity index (χ4v) is 0. The van der Waals surface area contributed by atoms with Gasteiger partial charge in [0.1, 0.15) is 0 Å². The molecule has 0 fully saturated rings. The largest absolute Gasteiger partial charge is 0.358 e. The van der Waals surface area contributed by atoms with E-state index < -0.39 is 0 Å². The molecule has 0 aromatic heterocycles. The van der Waals surface area contributed by atoms with E-state index >= 15 is 0 Å². The van der Waals surface area contributed by atoms with Gasteiger partial charge in [-0.3, -0.25) is 0 Å². The van der Waals surface area contributed by atoms with Gasteiger partial charge in [-0.15, -0.1) is 0 Å². The molecule has 0 heterocycles. The first-order chi connectivity index (χ1) is 1.41. The Morgan fingerprint density at radius 3 is 1.14 bits per heavy atom. The van der Waals surface area contributed by atoms with Crippen molar-refractivity contribution in [2.75, 3.05) is 0 Å². The van der Waals surface area contributed by atoms with Crippen LogP contribution in [0.5, 0.6) is 0 Å². The Bertz CT molecular complexity index is 11.7. The molecule has 0 aliphatic heterocycles. The van der Waals surface area contributed by atoms with Crippen molar-refractivity contribution >= 4 is 0 Å². The van der Waals surface area contributed by atoms with Crippen LogP contribution in [0.1, 0.15) is 0 Å². The van der Waals surface area contributed by atoms with Crippen LogP contribution in [0.15, 0.2) is 12.7 Å². The number of allylic oxidation sites excluding steroid dienone is 1. The standard InChI is InChI=1S/C3H5.3CH3.Cu/c1-3-2;;;;/h3H,1-2H2;3*1H3;/q4*-1;. The first kappa shape index (κ1) is 59.1. The molecule has 1 radical (unpaired) electrons. The summed E-state index contributed by atoms with van der Waals surface area (Å²) in [5, 5.41) is 0. The first-order valence-electron chi connectivity index (χ1n) is 0.816. The van der Waals surface area contributed by atoms with Gasteiger partial charge in [-0.25, -0.2) is 19.6 Å². The third kappa shape index (κ3) is 6230. The van der Waals surface area contributed by atoms with Crippen LogP contribution in [0, 0.1) is 29.2 Å². The van der Waals surface area contributed by atoms with Crippen LogP contribution in [0.3, 0.4) is 0 Å². The average Bonchev–Trinajstić information content (AvgIpc) is 0.918. The Hall–Kier alpha value is 0.129. The van der Waals surface area contributed by atoms with Gasteiger partial charge in [0.2, 0.25) is 0 Å².